The highest BCUT2D eigenvalue weighted by Gasteiger charge is 2.14. The molecule has 0 bridgehead atoms. The Morgan fingerprint density at radius 3 is 2.58 bits per heavy atom. The Labute approximate surface area is 179 Å². The number of nitrogens with two attached hydrogens (primary N) is 1. The highest BCUT2D eigenvalue weighted by molar-refractivity contribution is 5.97. The molecule has 4 rings (SSSR count). The maximum absolute atomic E-state index is 11.8. The van der Waals surface area contributed by atoms with Crippen LogP contribution in [0.25, 0.3) is 0 Å². The van der Waals surface area contributed by atoms with Gasteiger partial charge in [-0.1, -0.05) is 18.2 Å². The second-order valence-electron chi connectivity index (χ2n) is 7.07. The number of benzene rings is 2. The molecule has 3 aromatic rings. The van der Waals surface area contributed by atoms with Crippen LogP contribution in [0.15, 0.2) is 54.7 Å². The number of primary amides is 1. The maximum atomic E-state index is 11.8. The van der Waals surface area contributed by atoms with Gasteiger partial charge in [0.1, 0.15) is 11.6 Å². The van der Waals surface area contributed by atoms with Gasteiger partial charge in [0.05, 0.1) is 18.8 Å². The highest BCUT2D eigenvalue weighted by atomic mass is 16.5. The largest absolute Gasteiger partial charge is 0.508 e. The average molecular weight is 420 g/mol. The van der Waals surface area contributed by atoms with Gasteiger partial charge in [0.15, 0.2) is 0 Å². The third kappa shape index (κ3) is 5.01. The molecule has 9 heteroatoms. The molecule has 9 nitrogen and oxygen atoms in total. The first-order valence-electron chi connectivity index (χ1n) is 9.97. The van der Waals surface area contributed by atoms with E-state index in [9.17, 15) is 9.90 Å². The number of carbonyl (C=O) groups excluding carboxylic acids is 1. The Morgan fingerprint density at radius 2 is 1.87 bits per heavy atom. The summed E-state index contributed by atoms with van der Waals surface area (Å²) in [6.45, 7) is 3.48. The summed E-state index contributed by atoms with van der Waals surface area (Å²) < 4.78 is 5.39. The van der Waals surface area contributed by atoms with Crippen molar-refractivity contribution >= 4 is 29.0 Å². The summed E-state index contributed by atoms with van der Waals surface area (Å²) in [5.74, 6) is 0.131. The first kappa shape index (κ1) is 20.4. The van der Waals surface area contributed by atoms with Crippen LogP contribution in [0.3, 0.4) is 0 Å². The quantitative estimate of drug-likeness (QED) is 0.459. The second-order valence-corrected chi connectivity index (χ2v) is 7.07. The summed E-state index contributed by atoms with van der Waals surface area (Å²) in [6.07, 6.45) is 1.38. The van der Waals surface area contributed by atoms with E-state index in [0.717, 1.165) is 37.7 Å². The van der Waals surface area contributed by atoms with Crippen LogP contribution in [-0.2, 0) is 11.3 Å². The van der Waals surface area contributed by atoms with Gasteiger partial charge in [0.25, 0.3) is 5.91 Å². The first-order valence-corrected chi connectivity index (χ1v) is 9.97. The topological polar surface area (TPSA) is 126 Å². The number of phenolic OH excluding ortho intramolecular Hbond substituents is 1. The Balaban J connectivity index is 1.48. The molecule has 1 saturated heterocycles. The number of rotatable bonds is 7. The van der Waals surface area contributed by atoms with Gasteiger partial charge in [-0.25, -0.2) is 4.98 Å². The smallest absolute Gasteiger partial charge is 0.254 e. The predicted octanol–water partition coefficient (Wildman–Crippen LogP) is 2.47. The molecule has 0 spiro atoms. The van der Waals surface area contributed by atoms with Crippen molar-refractivity contribution in [2.45, 2.75) is 6.54 Å². The van der Waals surface area contributed by atoms with Gasteiger partial charge in [-0.3, -0.25) is 4.79 Å². The van der Waals surface area contributed by atoms with E-state index in [1.54, 1.807) is 18.2 Å². The summed E-state index contributed by atoms with van der Waals surface area (Å²) >= 11 is 0. The number of anilines is 4. The summed E-state index contributed by atoms with van der Waals surface area (Å²) in [5, 5.41) is 16.1. The van der Waals surface area contributed by atoms with Crippen molar-refractivity contribution in [1.82, 2.24) is 9.97 Å². The van der Waals surface area contributed by atoms with E-state index in [-0.39, 0.29) is 23.7 Å². The lowest BCUT2D eigenvalue weighted by molar-refractivity contribution is 0.100. The standard InChI is InChI=1S/C22H24N6O3/c23-20(30)18-14-25-22(27-21(18)24-13-15-3-1-2-4-19(15)29)26-16-5-7-17(8-6-16)28-9-11-31-12-10-28/h1-8,14,29H,9-13H2,(H2,23,30)(H2,24,25,26,27). The number of phenols is 1. The number of hydrogen-bond acceptors (Lipinski definition) is 8. The van der Waals surface area contributed by atoms with Crippen LogP contribution in [0.4, 0.5) is 23.1 Å². The van der Waals surface area contributed by atoms with E-state index in [0.29, 0.717) is 11.5 Å². The SMILES string of the molecule is NC(=O)c1cnc(Nc2ccc(N3CCOCC3)cc2)nc1NCc1ccccc1O. The molecule has 0 atom stereocenters. The molecule has 0 radical (unpaired) electrons. The molecule has 0 saturated carbocycles. The van der Waals surface area contributed by atoms with Crippen molar-refractivity contribution in [1.29, 1.82) is 0 Å². The number of nitrogens with zero attached hydrogens (tertiary/aromatic N) is 3. The van der Waals surface area contributed by atoms with Crippen molar-refractivity contribution in [2.24, 2.45) is 5.73 Å². The molecule has 0 unspecified atom stereocenters. The number of ether oxygens (including phenoxy) is 1. The van der Waals surface area contributed by atoms with Crippen molar-refractivity contribution in [3.05, 3.63) is 65.9 Å². The Morgan fingerprint density at radius 1 is 1.13 bits per heavy atom. The van der Waals surface area contributed by atoms with Crippen LogP contribution >= 0.6 is 0 Å². The minimum absolute atomic E-state index is 0.156. The molecule has 1 amide bonds. The number of morpholine rings is 1. The average Bonchev–Trinajstić information content (AvgIpc) is 2.79. The van der Waals surface area contributed by atoms with E-state index < -0.39 is 5.91 Å². The van der Waals surface area contributed by atoms with Crippen molar-refractivity contribution < 1.29 is 14.6 Å². The summed E-state index contributed by atoms with van der Waals surface area (Å²) in [6, 6.07) is 14.9. The molecule has 5 N–H and O–H groups in total. The fraction of sp³-hybridized carbons (Fsp3) is 0.227. The zero-order valence-corrected chi connectivity index (χ0v) is 16.9. The van der Waals surface area contributed by atoms with E-state index in [2.05, 4.69) is 25.5 Å². The third-order valence-corrected chi connectivity index (χ3v) is 4.99. The summed E-state index contributed by atoms with van der Waals surface area (Å²) in [4.78, 5) is 22.7. The van der Waals surface area contributed by atoms with Crippen LogP contribution in [0.5, 0.6) is 5.75 Å². The van der Waals surface area contributed by atoms with Crippen molar-refractivity contribution in [2.75, 3.05) is 41.8 Å². The molecule has 1 aliphatic heterocycles. The van der Waals surface area contributed by atoms with Gasteiger partial charge in [-0.15, -0.1) is 0 Å². The van der Waals surface area contributed by atoms with Crippen LogP contribution in [0.1, 0.15) is 15.9 Å². The number of nitrogens with one attached hydrogen (secondary N) is 2. The highest BCUT2D eigenvalue weighted by Crippen LogP contribution is 2.23. The van der Waals surface area contributed by atoms with E-state index in [1.165, 1.54) is 6.20 Å². The molecule has 1 fully saturated rings. The second kappa shape index (κ2) is 9.31. The third-order valence-electron chi connectivity index (χ3n) is 4.99. The number of hydrogen-bond donors (Lipinski definition) is 4. The van der Waals surface area contributed by atoms with E-state index in [4.69, 9.17) is 10.5 Å². The van der Waals surface area contributed by atoms with Crippen LogP contribution in [0, 0.1) is 0 Å². The number of amides is 1. The molecule has 1 aliphatic rings. The summed E-state index contributed by atoms with van der Waals surface area (Å²) in [5.41, 5.74) is 8.25. The molecule has 2 aromatic carbocycles. The lowest BCUT2D eigenvalue weighted by Gasteiger charge is -2.28. The van der Waals surface area contributed by atoms with E-state index >= 15 is 0 Å². The Bertz CT molecular complexity index is 1050. The van der Waals surface area contributed by atoms with E-state index in [1.807, 2.05) is 30.3 Å². The normalized spacial score (nSPS) is 13.6. The molecular weight excluding hydrogens is 396 g/mol. The first-order chi connectivity index (χ1) is 15.1. The van der Waals surface area contributed by atoms with Crippen LogP contribution in [-0.4, -0.2) is 47.3 Å². The zero-order chi connectivity index (χ0) is 21.6. The molecule has 31 heavy (non-hydrogen) atoms. The molecule has 160 valence electrons. The number of carbonyl (C=O) groups is 1. The molecule has 0 aliphatic carbocycles. The fourth-order valence-electron chi connectivity index (χ4n) is 3.30. The fourth-order valence-corrected chi connectivity index (χ4v) is 3.30. The van der Waals surface area contributed by atoms with Gasteiger partial charge >= 0.3 is 0 Å². The van der Waals surface area contributed by atoms with Gasteiger partial charge in [0.2, 0.25) is 5.95 Å². The minimum atomic E-state index is -0.638. The molecular formula is C22H24N6O3. The predicted molar refractivity (Wildman–Crippen MR) is 119 cm³/mol. The van der Waals surface area contributed by atoms with Crippen LogP contribution in [0.2, 0.25) is 0 Å². The molecule has 1 aromatic heterocycles. The Hall–Kier alpha value is -3.85. The van der Waals surface area contributed by atoms with Crippen molar-refractivity contribution in [3.8, 4) is 5.75 Å². The lowest BCUT2D eigenvalue weighted by Crippen LogP contribution is -2.36. The maximum Gasteiger partial charge on any atom is 0.254 e. The van der Waals surface area contributed by atoms with Gasteiger partial charge < -0.3 is 31.1 Å². The molecule has 2 heterocycles. The Kier molecular flexibility index (Phi) is 6.13. The summed E-state index contributed by atoms with van der Waals surface area (Å²) in [7, 11) is 0. The van der Waals surface area contributed by atoms with Crippen LogP contribution < -0.4 is 21.3 Å². The minimum Gasteiger partial charge on any atom is -0.508 e. The lowest BCUT2D eigenvalue weighted by atomic mass is 10.2. The van der Waals surface area contributed by atoms with Gasteiger partial charge in [-0.2, -0.15) is 4.98 Å². The number of aromatic nitrogens is 2. The van der Waals surface area contributed by atoms with Gasteiger partial charge in [0, 0.05) is 42.8 Å². The monoisotopic (exact) mass is 420 g/mol. The number of aromatic hydroxyl groups is 1. The number of para-hydroxylation sites is 1. The zero-order valence-electron chi connectivity index (χ0n) is 16.9. The van der Waals surface area contributed by atoms with Gasteiger partial charge in [-0.05, 0) is 30.3 Å². The van der Waals surface area contributed by atoms with Crippen molar-refractivity contribution in [3.63, 3.8) is 0 Å².